The lowest BCUT2D eigenvalue weighted by atomic mass is 9.99. The molecule has 4 heterocycles. The number of halogens is 2. The zero-order valence-corrected chi connectivity index (χ0v) is 58.1. The van der Waals surface area contributed by atoms with E-state index in [9.17, 15) is 19.6 Å². The Morgan fingerprint density at radius 3 is 1.72 bits per heavy atom. The number of benzene rings is 2. The minimum absolute atomic E-state index is 0.0407. The predicted octanol–water partition coefficient (Wildman–Crippen LogP) is 9.87. The van der Waals surface area contributed by atoms with Crippen LogP contribution in [0, 0.1) is 32.1 Å². The molecule has 1 unspecified atom stereocenters. The lowest BCUT2D eigenvalue weighted by Gasteiger charge is -2.19. The van der Waals surface area contributed by atoms with E-state index < -0.39 is 11.9 Å². The molecule has 5 aromatic rings. The van der Waals surface area contributed by atoms with Crippen LogP contribution in [0.3, 0.4) is 0 Å². The van der Waals surface area contributed by atoms with Crippen molar-refractivity contribution >= 4 is 74.3 Å². The Kier molecular flexibility index (Phi) is 38.3. The standard InChI is InChI=1S/C68H90BrClN8O16S/c1-5-9-61(75-67(81)55(48-71)46-57-10-6-13-63(69)73-57)53-16-20-60(21-17-53)93-25-22-72-94-49-59(80)12-8-24-83-27-29-85-31-33-87-35-37-89-39-41-91-43-45-92-44-42-90-40-38-88-36-34-86-32-30-84-28-26-82-23-7-11-58(79)47-62-66-77-76-52(4)78(66)68-64(50(2)51(3)95-68)65(74-62)54-14-18-56(70)19-15-54/h6,10,13-22,46,61-62H,5,7-9,11-12,23-45,47,49H2,1-4H3,(H,75,81)/b55-46+,72-22?/t61?,62-/m0/s1. The fraction of sp³-hybridized carbons (Fsp3) is 0.544. The number of fused-ring (bicyclic) bond motifs is 3. The summed E-state index contributed by atoms with van der Waals surface area (Å²) in [6.07, 6.45) is 6.40. The summed E-state index contributed by atoms with van der Waals surface area (Å²) in [6, 6.07) is 21.4. The quantitative estimate of drug-likeness (QED) is 0.00946. The highest BCUT2D eigenvalue weighted by molar-refractivity contribution is 9.10. The number of amides is 1. The summed E-state index contributed by atoms with van der Waals surface area (Å²) in [5, 5.41) is 27.0. The normalized spacial score (nSPS) is 13.3. The van der Waals surface area contributed by atoms with Crippen molar-refractivity contribution in [3.05, 3.63) is 126 Å². The molecule has 2 atom stereocenters. The van der Waals surface area contributed by atoms with Crippen LogP contribution in [-0.4, -0.2) is 208 Å². The highest BCUT2D eigenvalue weighted by atomic mass is 79.9. The Morgan fingerprint density at radius 1 is 0.695 bits per heavy atom. The van der Waals surface area contributed by atoms with E-state index in [1.807, 2.05) is 56.3 Å². The van der Waals surface area contributed by atoms with Gasteiger partial charge in [0.05, 0.1) is 156 Å². The maximum absolute atomic E-state index is 13.3. The van der Waals surface area contributed by atoms with Crippen molar-refractivity contribution in [2.75, 3.05) is 159 Å². The number of aromatic nitrogens is 4. The molecule has 0 saturated carbocycles. The van der Waals surface area contributed by atoms with E-state index in [1.165, 1.54) is 17.2 Å². The number of ether oxygens (including phenoxy) is 12. The summed E-state index contributed by atoms with van der Waals surface area (Å²) >= 11 is 11.2. The van der Waals surface area contributed by atoms with Crippen LogP contribution >= 0.6 is 38.9 Å². The van der Waals surface area contributed by atoms with Gasteiger partial charge in [-0.2, -0.15) is 5.26 Å². The second kappa shape index (κ2) is 46.8. The lowest BCUT2D eigenvalue weighted by Crippen LogP contribution is -2.29. The Balaban J connectivity index is 0.619. The van der Waals surface area contributed by atoms with Crippen LogP contribution in [0.4, 0.5) is 0 Å². The van der Waals surface area contributed by atoms with Crippen molar-refractivity contribution in [2.45, 2.75) is 84.7 Å². The monoisotopic (exact) mass is 1420 g/mol. The highest BCUT2D eigenvalue weighted by Crippen LogP contribution is 2.40. The molecule has 1 aliphatic rings. The van der Waals surface area contributed by atoms with Gasteiger partial charge in [0.2, 0.25) is 0 Å². The molecule has 0 radical (unpaired) electrons. The summed E-state index contributed by atoms with van der Waals surface area (Å²) in [5.41, 5.74) is 5.27. The Hall–Kier alpha value is -6.26. The van der Waals surface area contributed by atoms with Gasteiger partial charge < -0.3 is 67.0 Å². The van der Waals surface area contributed by atoms with E-state index in [1.54, 1.807) is 41.7 Å². The second-order valence-corrected chi connectivity index (χ2v) is 23.9. The third-order valence-electron chi connectivity index (χ3n) is 14.2. The van der Waals surface area contributed by atoms with E-state index in [0.29, 0.717) is 204 Å². The number of nitrogens with zero attached hydrogens (tertiary/aromatic N) is 7. The molecule has 0 fully saturated rings. The first-order chi connectivity index (χ1) is 46.4. The number of hydrogen-bond donors (Lipinski definition) is 1. The number of hydrogen-bond acceptors (Lipinski definition) is 23. The van der Waals surface area contributed by atoms with Gasteiger partial charge in [-0.25, -0.2) is 4.98 Å². The molecule has 27 heteroatoms. The molecule has 24 nitrogen and oxygen atoms in total. The molecule has 2 aromatic carbocycles. The number of nitriles is 1. The zero-order valence-electron chi connectivity index (χ0n) is 54.9. The van der Waals surface area contributed by atoms with Crippen molar-refractivity contribution in [3.63, 3.8) is 0 Å². The molecule has 3 aromatic heterocycles. The van der Waals surface area contributed by atoms with Gasteiger partial charge in [0.25, 0.3) is 5.91 Å². The predicted molar refractivity (Wildman–Crippen MR) is 363 cm³/mol. The molecule has 1 aliphatic heterocycles. The zero-order chi connectivity index (χ0) is 67.5. The van der Waals surface area contributed by atoms with Crippen molar-refractivity contribution in [2.24, 2.45) is 10.1 Å². The molecular weight excluding hydrogens is 1330 g/mol. The van der Waals surface area contributed by atoms with E-state index in [4.69, 9.17) is 78.3 Å². The summed E-state index contributed by atoms with van der Waals surface area (Å²) < 4.78 is 69.7. The minimum atomic E-state index is -0.484. The third-order valence-corrected chi connectivity index (χ3v) is 16.1. The van der Waals surface area contributed by atoms with Gasteiger partial charge in [-0.3, -0.25) is 23.9 Å². The number of rotatable bonds is 53. The largest absolute Gasteiger partial charge is 0.488 e. The Bertz CT molecular complexity index is 3180. The van der Waals surface area contributed by atoms with Gasteiger partial charge >= 0.3 is 0 Å². The first-order valence-corrected chi connectivity index (χ1v) is 34.1. The molecule has 0 saturated heterocycles. The van der Waals surface area contributed by atoms with Crippen LogP contribution < -0.4 is 10.1 Å². The van der Waals surface area contributed by atoms with Crippen molar-refractivity contribution in [1.29, 1.82) is 5.26 Å². The molecule has 1 N–H and O–H groups in total. The first-order valence-electron chi connectivity index (χ1n) is 32.1. The van der Waals surface area contributed by atoms with Gasteiger partial charge in [0, 0.05) is 53.5 Å². The number of thiophene rings is 1. The smallest absolute Gasteiger partial charge is 0.262 e. The third kappa shape index (κ3) is 30.0. The number of carbonyl (C=O) groups excluding carboxylic acids is 3. The number of pyridine rings is 1. The van der Waals surface area contributed by atoms with E-state index in [2.05, 4.69) is 60.0 Å². The lowest BCUT2D eigenvalue weighted by molar-refractivity contribution is -0.124. The number of carbonyl (C=O) groups is 3. The average Bonchev–Trinajstić information content (AvgIpc) is 1.59. The molecule has 6 rings (SSSR count). The summed E-state index contributed by atoms with van der Waals surface area (Å²) in [4.78, 5) is 54.3. The van der Waals surface area contributed by atoms with E-state index >= 15 is 0 Å². The first kappa shape index (κ1) is 77.7. The topological polar surface area (TPSA) is 275 Å². The molecule has 0 aliphatic carbocycles. The fourth-order valence-electron chi connectivity index (χ4n) is 9.34. The number of oxime groups is 1. The molecular formula is C68H90BrClN8O16S. The van der Waals surface area contributed by atoms with Crippen LogP contribution in [0.1, 0.15) is 108 Å². The van der Waals surface area contributed by atoms with Crippen LogP contribution in [0.2, 0.25) is 5.02 Å². The highest BCUT2D eigenvalue weighted by Gasteiger charge is 2.32. The maximum atomic E-state index is 13.3. The molecule has 0 spiro atoms. The number of nitrogens with one attached hydrogen (secondary N) is 1. The number of Topliss-reactive ketones (excluding diaryl/α,β-unsaturated/α-hetero) is 2. The van der Waals surface area contributed by atoms with E-state index in [0.717, 1.165) is 45.2 Å². The molecule has 95 heavy (non-hydrogen) atoms. The molecule has 1 amide bonds. The van der Waals surface area contributed by atoms with Gasteiger partial charge in [-0.05, 0) is 110 Å². The number of ketones is 2. The molecule has 518 valence electrons. The Labute approximate surface area is 574 Å². The maximum Gasteiger partial charge on any atom is 0.262 e. The number of aryl methyl sites for hydroxylation is 2. The van der Waals surface area contributed by atoms with Crippen LogP contribution in [0.25, 0.3) is 11.1 Å². The van der Waals surface area contributed by atoms with Crippen molar-refractivity contribution in [3.8, 4) is 16.8 Å². The van der Waals surface area contributed by atoms with Crippen LogP contribution in [0.15, 0.2) is 87.1 Å². The second-order valence-electron chi connectivity index (χ2n) is 21.4. The minimum Gasteiger partial charge on any atom is -0.488 e. The summed E-state index contributed by atoms with van der Waals surface area (Å²) in [6.45, 7) is 17.9. The number of aliphatic imine (C=N–C) groups is 1. The summed E-state index contributed by atoms with van der Waals surface area (Å²) in [7, 11) is 0. The Morgan fingerprint density at radius 2 is 1.21 bits per heavy atom. The van der Waals surface area contributed by atoms with Crippen molar-refractivity contribution in [1.82, 2.24) is 25.1 Å². The van der Waals surface area contributed by atoms with Crippen LogP contribution in [-0.2, 0) is 71.3 Å². The van der Waals surface area contributed by atoms with Crippen LogP contribution in [0.5, 0.6) is 5.75 Å². The van der Waals surface area contributed by atoms with Gasteiger partial charge in [0.15, 0.2) is 18.2 Å². The van der Waals surface area contributed by atoms with Gasteiger partial charge in [0.1, 0.15) is 51.3 Å². The van der Waals surface area contributed by atoms with E-state index in [-0.39, 0.29) is 42.8 Å². The average molecular weight is 1420 g/mol. The summed E-state index contributed by atoms with van der Waals surface area (Å²) in [5.74, 6) is 1.53. The van der Waals surface area contributed by atoms with Crippen molar-refractivity contribution < 1.29 is 76.1 Å². The van der Waals surface area contributed by atoms with Gasteiger partial charge in [-0.15, -0.1) is 21.5 Å². The fourth-order valence-corrected chi connectivity index (χ4v) is 11.0. The molecule has 0 bridgehead atoms. The SMILES string of the molecule is CCCC(NC(=O)/C(C#N)=C/c1cccc(Br)n1)c1ccc(OCC=NOCC(=O)CCCOCCOCCOCCOCCOCCOCCOCCOCCOCCOCCOCCCC(=O)C[C@@H]2N=C(c3ccc(Cl)cc3)c3c(sc(C)c3C)-n3c(C)nnc32)cc1. The van der Waals surface area contributed by atoms with Gasteiger partial charge in [-0.1, -0.05) is 60.4 Å².